The molecular formula is C53H31N3OS. The zero-order valence-corrected chi connectivity index (χ0v) is 31.9. The molecule has 0 aliphatic carbocycles. The summed E-state index contributed by atoms with van der Waals surface area (Å²) in [5.41, 5.74) is 11.7. The third kappa shape index (κ3) is 5.25. The average Bonchev–Trinajstić information content (AvgIpc) is 3.87. The maximum Gasteiger partial charge on any atom is 0.160 e. The molecule has 8 aromatic carbocycles. The fraction of sp³-hybridized carbons (Fsp3) is 0. The molecule has 12 rings (SSSR count). The molecule has 270 valence electrons. The highest BCUT2D eigenvalue weighted by molar-refractivity contribution is 7.25. The monoisotopic (exact) mass is 757 g/mol. The van der Waals surface area contributed by atoms with Crippen LogP contribution in [0.4, 0.5) is 0 Å². The second-order valence-corrected chi connectivity index (χ2v) is 15.8. The van der Waals surface area contributed by atoms with Crippen molar-refractivity contribution in [3.63, 3.8) is 0 Å². The van der Waals surface area contributed by atoms with Gasteiger partial charge in [-0.05, 0) is 42.0 Å². The molecule has 0 spiro atoms. The SMILES string of the molecule is c1ccc(-c2nc(-c3ccc(-c4cccc5c4oc4ccc6c(-c7ccccc7)nc7ccccc7c6c45)cc3)cc(-c3ccc4c(c3)sc3ccccc34)n2)cc1. The highest BCUT2D eigenvalue weighted by Crippen LogP contribution is 2.44. The van der Waals surface area contributed by atoms with E-state index >= 15 is 0 Å². The first-order valence-corrected chi connectivity index (χ1v) is 20.2. The van der Waals surface area contributed by atoms with Crippen molar-refractivity contribution < 1.29 is 4.42 Å². The Labute approximate surface area is 337 Å². The normalized spacial score (nSPS) is 11.8. The van der Waals surface area contributed by atoms with Crippen LogP contribution >= 0.6 is 11.3 Å². The van der Waals surface area contributed by atoms with Crippen molar-refractivity contribution in [2.75, 3.05) is 0 Å². The van der Waals surface area contributed by atoms with Gasteiger partial charge >= 0.3 is 0 Å². The molecule has 4 heterocycles. The molecular weight excluding hydrogens is 727 g/mol. The molecule has 0 fully saturated rings. The minimum atomic E-state index is 0.700. The van der Waals surface area contributed by atoms with Crippen molar-refractivity contribution in [1.82, 2.24) is 15.0 Å². The Kier molecular flexibility index (Phi) is 7.37. The Hall–Kier alpha value is -7.47. The minimum absolute atomic E-state index is 0.700. The van der Waals surface area contributed by atoms with Crippen molar-refractivity contribution >= 4 is 75.1 Å². The summed E-state index contributed by atoms with van der Waals surface area (Å²) in [6.07, 6.45) is 0. The van der Waals surface area contributed by atoms with Crippen molar-refractivity contribution in [2.45, 2.75) is 0 Å². The molecule has 4 aromatic heterocycles. The molecule has 0 radical (unpaired) electrons. The lowest BCUT2D eigenvalue weighted by Crippen LogP contribution is -1.95. The number of aromatic nitrogens is 3. The summed E-state index contributed by atoms with van der Waals surface area (Å²) in [5.74, 6) is 0.700. The molecule has 0 aliphatic heterocycles. The van der Waals surface area contributed by atoms with Crippen LogP contribution < -0.4 is 0 Å². The summed E-state index contributed by atoms with van der Waals surface area (Å²) < 4.78 is 9.33. The lowest BCUT2D eigenvalue weighted by atomic mass is 9.95. The van der Waals surface area contributed by atoms with Crippen LogP contribution in [-0.2, 0) is 0 Å². The zero-order chi connectivity index (χ0) is 38.2. The number of fused-ring (bicyclic) bond motifs is 10. The van der Waals surface area contributed by atoms with Gasteiger partial charge in [0.05, 0.1) is 22.6 Å². The highest BCUT2D eigenvalue weighted by Gasteiger charge is 2.20. The molecule has 5 heteroatoms. The standard InChI is InChI=1S/C53H31N3OS/c1-3-12-34(13-4-1)51-41-28-29-46-50(49(41)40-17-7-9-20-43(40)54-51)42-19-11-18-37(52(42)57-46)32-22-24-33(25-23-32)44-31-45(56-53(55-44)35-14-5-2-6-15-35)36-26-27-39-38-16-8-10-21-47(38)58-48(39)30-36/h1-31H. The first-order valence-electron chi connectivity index (χ1n) is 19.4. The molecule has 0 atom stereocenters. The molecule has 0 unspecified atom stereocenters. The molecule has 0 saturated heterocycles. The Bertz CT molecular complexity index is 3550. The Morgan fingerprint density at radius 2 is 1.02 bits per heavy atom. The molecule has 0 saturated carbocycles. The predicted molar refractivity (Wildman–Crippen MR) is 242 cm³/mol. The van der Waals surface area contributed by atoms with E-state index in [0.717, 1.165) is 94.1 Å². The van der Waals surface area contributed by atoms with Crippen molar-refractivity contribution in [2.24, 2.45) is 0 Å². The molecule has 0 bridgehead atoms. The maximum absolute atomic E-state index is 6.79. The van der Waals surface area contributed by atoms with Crippen LogP contribution in [0.5, 0.6) is 0 Å². The fourth-order valence-electron chi connectivity index (χ4n) is 8.54. The van der Waals surface area contributed by atoms with Gasteiger partial charge in [0.25, 0.3) is 0 Å². The highest BCUT2D eigenvalue weighted by atomic mass is 32.1. The largest absolute Gasteiger partial charge is 0.455 e. The molecule has 0 aliphatic rings. The number of furan rings is 1. The van der Waals surface area contributed by atoms with Crippen molar-refractivity contribution in [3.05, 3.63) is 188 Å². The Balaban J connectivity index is 0.988. The summed E-state index contributed by atoms with van der Waals surface area (Å²) in [4.78, 5) is 15.4. The van der Waals surface area contributed by atoms with Crippen LogP contribution in [-0.4, -0.2) is 15.0 Å². The van der Waals surface area contributed by atoms with Crippen LogP contribution in [0.25, 0.3) is 120 Å². The van der Waals surface area contributed by atoms with Gasteiger partial charge in [0.1, 0.15) is 11.2 Å². The van der Waals surface area contributed by atoms with E-state index in [1.165, 1.54) is 20.2 Å². The zero-order valence-electron chi connectivity index (χ0n) is 31.1. The summed E-state index contributed by atoms with van der Waals surface area (Å²) in [6.45, 7) is 0. The third-order valence-corrected chi connectivity index (χ3v) is 12.4. The molecule has 0 N–H and O–H groups in total. The van der Waals surface area contributed by atoms with Crippen LogP contribution in [0.15, 0.2) is 192 Å². The number of hydrogen-bond donors (Lipinski definition) is 0. The van der Waals surface area contributed by atoms with Gasteiger partial charge in [-0.1, -0.05) is 152 Å². The number of para-hydroxylation sites is 2. The lowest BCUT2D eigenvalue weighted by molar-refractivity contribution is 0.670. The van der Waals surface area contributed by atoms with E-state index in [-0.39, 0.29) is 0 Å². The summed E-state index contributed by atoms with van der Waals surface area (Å²) >= 11 is 1.82. The van der Waals surface area contributed by atoms with Gasteiger partial charge in [0.2, 0.25) is 0 Å². The quantitative estimate of drug-likeness (QED) is 0.164. The van der Waals surface area contributed by atoms with Crippen LogP contribution in [0, 0.1) is 0 Å². The van der Waals surface area contributed by atoms with Gasteiger partial charge in [0, 0.05) is 74.9 Å². The van der Waals surface area contributed by atoms with Crippen LogP contribution in [0.1, 0.15) is 0 Å². The number of rotatable bonds is 5. The van der Waals surface area contributed by atoms with Gasteiger partial charge in [0.15, 0.2) is 5.82 Å². The van der Waals surface area contributed by atoms with E-state index in [2.05, 4.69) is 164 Å². The molecule has 58 heavy (non-hydrogen) atoms. The molecule has 4 nitrogen and oxygen atoms in total. The Morgan fingerprint density at radius 1 is 0.379 bits per heavy atom. The van der Waals surface area contributed by atoms with Gasteiger partial charge in [-0.2, -0.15) is 0 Å². The summed E-state index contributed by atoms with van der Waals surface area (Å²) in [7, 11) is 0. The van der Waals surface area contributed by atoms with E-state index in [9.17, 15) is 0 Å². The second kappa shape index (κ2) is 13.1. The number of hydrogen-bond acceptors (Lipinski definition) is 5. The lowest BCUT2D eigenvalue weighted by Gasteiger charge is -2.11. The minimum Gasteiger partial charge on any atom is -0.455 e. The topological polar surface area (TPSA) is 51.8 Å². The summed E-state index contributed by atoms with van der Waals surface area (Å²) in [6, 6.07) is 65.9. The van der Waals surface area contributed by atoms with E-state index in [1.807, 2.05) is 35.6 Å². The van der Waals surface area contributed by atoms with Crippen molar-refractivity contribution in [3.8, 4) is 56.3 Å². The number of nitrogens with zero attached hydrogens (tertiary/aromatic N) is 3. The predicted octanol–water partition coefficient (Wildman–Crippen LogP) is 14.8. The van der Waals surface area contributed by atoms with E-state index in [4.69, 9.17) is 19.4 Å². The number of thiophene rings is 1. The Morgan fingerprint density at radius 3 is 1.84 bits per heavy atom. The van der Waals surface area contributed by atoms with Crippen LogP contribution in [0.3, 0.4) is 0 Å². The molecule has 12 aromatic rings. The van der Waals surface area contributed by atoms with E-state index < -0.39 is 0 Å². The van der Waals surface area contributed by atoms with Gasteiger partial charge in [-0.3, -0.25) is 0 Å². The van der Waals surface area contributed by atoms with Crippen molar-refractivity contribution in [1.29, 1.82) is 0 Å². The first kappa shape index (κ1) is 32.7. The smallest absolute Gasteiger partial charge is 0.160 e. The third-order valence-electron chi connectivity index (χ3n) is 11.3. The fourth-order valence-corrected chi connectivity index (χ4v) is 9.68. The number of benzene rings is 8. The van der Waals surface area contributed by atoms with Gasteiger partial charge in [-0.25, -0.2) is 15.0 Å². The maximum atomic E-state index is 6.79. The molecule has 0 amide bonds. The average molecular weight is 758 g/mol. The van der Waals surface area contributed by atoms with Gasteiger partial charge < -0.3 is 4.42 Å². The second-order valence-electron chi connectivity index (χ2n) is 14.7. The first-order chi connectivity index (χ1) is 28.7. The van der Waals surface area contributed by atoms with E-state index in [0.29, 0.717) is 5.82 Å². The van der Waals surface area contributed by atoms with E-state index in [1.54, 1.807) is 0 Å². The number of pyridine rings is 1. The summed E-state index contributed by atoms with van der Waals surface area (Å²) in [5, 5.41) is 8.14. The van der Waals surface area contributed by atoms with Crippen LogP contribution in [0.2, 0.25) is 0 Å². The van der Waals surface area contributed by atoms with Gasteiger partial charge in [-0.15, -0.1) is 11.3 Å².